The second-order valence-electron chi connectivity index (χ2n) is 16.0. The summed E-state index contributed by atoms with van der Waals surface area (Å²) in [5.74, 6) is -0.0125. The number of rotatable bonds is 17. The van der Waals surface area contributed by atoms with Gasteiger partial charge in [0.15, 0.2) is 0 Å². The van der Waals surface area contributed by atoms with Gasteiger partial charge in [0.05, 0.1) is 12.0 Å². The number of benzene rings is 2. The van der Waals surface area contributed by atoms with Crippen molar-refractivity contribution >= 4 is 34.5 Å². The van der Waals surface area contributed by atoms with Crippen molar-refractivity contribution < 1.29 is 31.9 Å². The van der Waals surface area contributed by atoms with Crippen LogP contribution in [0.15, 0.2) is 103 Å². The summed E-state index contributed by atoms with van der Waals surface area (Å²) >= 11 is 0. The molecule has 0 unspecified atom stereocenters. The standard InChI is InChI=1S/C47H56F4N4O3/c1-4-35(18-17-33(2)58-32-46(23-24-46)52-25-11-16-43(56)54-26-28-55(29-27-54)45(57)37-19-20-37)44(41(31-47(49,50)51)36-12-7-5-8-13-36)38-21-22-42(40(30-38)34(3)48)53-39-14-9-6-10-15-39/h4-5,7-8,11-13,16-18,21-22,30,37,39,52-53H,2-3,6,9-10,14-15,19-20,23-29,31-32H2,1H3/b16-11+,18-17-,35-4+,44-41+. The fourth-order valence-corrected chi connectivity index (χ4v) is 7.79. The molecule has 2 aromatic carbocycles. The molecule has 310 valence electrons. The molecule has 1 heterocycles. The maximum absolute atomic E-state index is 15.2. The lowest BCUT2D eigenvalue weighted by Crippen LogP contribution is -2.50. The SMILES string of the molecule is C=C(\C=C/C(=C\C)C(=C(/CC(F)(F)F)c1ccccc1)/c1ccc(NC2CCCCC2)c(C(=C)F)c1)OCC1(NC/C=C/C(=O)N2CCN(C(=O)C3CC3)CC2)CC1. The van der Waals surface area contributed by atoms with E-state index in [0.29, 0.717) is 73.1 Å². The van der Waals surface area contributed by atoms with Gasteiger partial charge in [0.1, 0.15) is 18.2 Å². The van der Waals surface area contributed by atoms with Gasteiger partial charge in [-0.05, 0) is 91.5 Å². The maximum Gasteiger partial charge on any atom is 0.393 e. The molecule has 2 amide bonds. The molecule has 0 aromatic heterocycles. The Balaban J connectivity index is 1.13. The Bertz CT molecular complexity index is 1930. The fraction of sp³-hybridized carbons (Fsp3) is 0.447. The number of hydrogen-bond donors (Lipinski definition) is 2. The third-order valence-electron chi connectivity index (χ3n) is 11.5. The Morgan fingerprint density at radius 1 is 0.897 bits per heavy atom. The Labute approximate surface area is 340 Å². The van der Waals surface area contributed by atoms with Crippen LogP contribution in [0.1, 0.15) is 87.8 Å². The number of halogens is 4. The monoisotopic (exact) mass is 800 g/mol. The fourth-order valence-electron chi connectivity index (χ4n) is 7.79. The van der Waals surface area contributed by atoms with Gasteiger partial charge in [-0.1, -0.05) is 87.0 Å². The normalized spacial score (nSPS) is 19.3. The first kappa shape index (κ1) is 42.7. The minimum absolute atomic E-state index is 0.0550. The molecule has 6 rings (SSSR count). The zero-order valence-corrected chi connectivity index (χ0v) is 33.5. The number of amides is 2. The van der Waals surface area contributed by atoms with Gasteiger partial charge >= 0.3 is 6.18 Å². The third kappa shape index (κ3) is 11.8. The average molecular weight is 801 g/mol. The summed E-state index contributed by atoms with van der Waals surface area (Å²) in [4.78, 5) is 28.7. The predicted octanol–water partition coefficient (Wildman–Crippen LogP) is 10.0. The first-order valence-corrected chi connectivity index (χ1v) is 20.6. The van der Waals surface area contributed by atoms with E-state index in [2.05, 4.69) is 23.8 Å². The van der Waals surface area contributed by atoms with Crippen molar-refractivity contribution in [2.75, 3.05) is 44.6 Å². The van der Waals surface area contributed by atoms with Crippen molar-refractivity contribution in [2.24, 2.45) is 5.92 Å². The third-order valence-corrected chi connectivity index (χ3v) is 11.5. The Kier molecular flexibility index (Phi) is 14.2. The molecular weight excluding hydrogens is 745 g/mol. The summed E-state index contributed by atoms with van der Waals surface area (Å²) < 4.78 is 64.3. The van der Waals surface area contributed by atoms with Crippen LogP contribution in [0.2, 0.25) is 0 Å². The molecule has 2 N–H and O–H groups in total. The summed E-state index contributed by atoms with van der Waals surface area (Å²) in [7, 11) is 0. The molecule has 4 fully saturated rings. The highest BCUT2D eigenvalue weighted by Crippen LogP contribution is 2.42. The van der Waals surface area contributed by atoms with Crippen LogP contribution in [-0.2, 0) is 14.3 Å². The van der Waals surface area contributed by atoms with E-state index in [1.54, 1.807) is 90.7 Å². The molecule has 0 bridgehead atoms. The number of nitrogens with one attached hydrogen (secondary N) is 2. The molecule has 3 saturated carbocycles. The van der Waals surface area contributed by atoms with Crippen LogP contribution in [0.5, 0.6) is 0 Å². The first-order chi connectivity index (χ1) is 27.8. The quantitative estimate of drug-likeness (QED) is 0.0548. The summed E-state index contributed by atoms with van der Waals surface area (Å²) in [5, 5.41) is 6.93. The van der Waals surface area contributed by atoms with Crippen LogP contribution in [0.3, 0.4) is 0 Å². The van der Waals surface area contributed by atoms with E-state index in [0.717, 1.165) is 57.8 Å². The highest BCUT2D eigenvalue weighted by Gasteiger charge is 2.43. The molecule has 3 aliphatic carbocycles. The summed E-state index contributed by atoms with van der Waals surface area (Å²) in [6.07, 6.45) is 11.7. The summed E-state index contributed by atoms with van der Waals surface area (Å²) in [5.41, 5.74) is 2.20. The van der Waals surface area contributed by atoms with Gasteiger partial charge in [-0.2, -0.15) is 13.2 Å². The van der Waals surface area contributed by atoms with E-state index in [1.807, 2.05) is 4.90 Å². The molecule has 2 aromatic rings. The highest BCUT2D eigenvalue weighted by molar-refractivity contribution is 6.00. The Hall–Kier alpha value is -4.90. The van der Waals surface area contributed by atoms with Gasteiger partial charge < -0.3 is 25.2 Å². The average Bonchev–Trinajstić information content (AvgIpc) is 4.17. The lowest BCUT2D eigenvalue weighted by Gasteiger charge is -2.34. The molecule has 11 heteroatoms. The molecule has 0 spiro atoms. The second kappa shape index (κ2) is 19.2. The van der Waals surface area contributed by atoms with Crippen LogP contribution >= 0.6 is 0 Å². The minimum atomic E-state index is -4.53. The molecule has 0 atom stereocenters. The van der Waals surface area contributed by atoms with Crippen LogP contribution in [0.25, 0.3) is 17.0 Å². The van der Waals surface area contributed by atoms with Crippen molar-refractivity contribution in [1.82, 2.24) is 15.1 Å². The van der Waals surface area contributed by atoms with Crippen LogP contribution < -0.4 is 10.6 Å². The van der Waals surface area contributed by atoms with Gasteiger partial charge in [0.25, 0.3) is 0 Å². The number of anilines is 1. The van der Waals surface area contributed by atoms with Crippen molar-refractivity contribution in [3.05, 3.63) is 120 Å². The van der Waals surface area contributed by atoms with E-state index in [-0.39, 0.29) is 40.4 Å². The minimum Gasteiger partial charge on any atom is -0.492 e. The highest BCUT2D eigenvalue weighted by atomic mass is 19.4. The van der Waals surface area contributed by atoms with E-state index >= 15 is 4.39 Å². The largest absolute Gasteiger partial charge is 0.492 e. The summed E-state index contributed by atoms with van der Waals surface area (Å²) in [6, 6.07) is 13.7. The predicted molar refractivity (Wildman–Crippen MR) is 224 cm³/mol. The second-order valence-corrected chi connectivity index (χ2v) is 16.0. The number of nitrogens with zero attached hydrogens (tertiary/aromatic N) is 2. The van der Waals surface area contributed by atoms with Crippen molar-refractivity contribution in [3.63, 3.8) is 0 Å². The van der Waals surface area contributed by atoms with Gasteiger partial charge in [0, 0.05) is 62.0 Å². The molecule has 4 aliphatic rings. The number of hydrogen-bond acceptors (Lipinski definition) is 5. The van der Waals surface area contributed by atoms with Gasteiger partial charge in [-0.25, -0.2) is 4.39 Å². The van der Waals surface area contributed by atoms with Crippen LogP contribution in [0, 0.1) is 5.92 Å². The van der Waals surface area contributed by atoms with E-state index in [4.69, 9.17) is 4.74 Å². The van der Waals surface area contributed by atoms with Gasteiger partial charge in [-0.15, -0.1) is 0 Å². The molecule has 1 aliphatic heterocycles. The summed E-state index contributed by atoms with van der Waals surface area (Å²) in [6.45, 7) is 12.4. The number of carbonyl (C=O) groups is 2. The van der Waals surface area contributed by atoms with E-state index in [9.17, 15) is 22.8 Å². The van der Waals surface area contributed by atoms with Crippen LogP contribution in [-0.4, -0.2) is 78.7 Å². The first-order valence-electron chi connectivity index (χ1n) is 20.6. The zero-order valence-electron chi connectivity index (χ0n) is 33.5. The number of carbonyl (C=O) groups excluding carboxylic acids is 2. The lowest BCUT2D eigenvalue weighted by molar-refractivity contribution is -0.138. The van der Waals surface area contributed by atoms with Crippen molar-refractivity contribution in [1.29, 1.82) is 0 Å². The van der Waals surface area contributed by atoms with Gasteiger partial charge in [-0.3, -0.25) is 9.59 Å². The van der Waals surface area contributed by atoms with Crippen LogP contribution in [0.4, 0.5) is 23.2 Å². The molecular formula is C47H56F4N4O3. The zero-order chi connectivity index (χ0) is 41.3. The molecule has 7 nitrogen and oxygen atoms in total. The number of alkyl halides is 3. The number of piperazine rings is 1. The lowest BCUT2D eigenvalue weighted by atomic mass is 9.86. The molecule has 58 heavy (non-hydrogen) atoms. The van der Waals surface area contributed by atoms with E-state index in [1.165, 1.54) is 0 Å². The number of allylic oxidation sites excluding steroid dienone is 6. The van der Waals surface area contributed by atoms with Gasteiger partial charge in [0.2, 0.25) is 11.8 Å². The topological polar surface area (TPSA) is 73.9 Å². The Morgan fingerprint density at radius 3 is 2.21 bits per heavy atom. The van der Waals surface area contributed by atoms with Crippen molar-refractivity contribution in [3.8, 4) is 0 Å². The molecule has 0 radical (unpaired) electrons. The molecule has 1 saturated heterocycles. The smallest absolute Gasteiger partial charge is 0.393 e. The Morgan fingerprint density at radius 2 is 1.59 bits per heavy atom. The van der Waals surface area contributed by atoms with Crippen molar-refractivity contribution in [2.45, 2.75) is 88.9 Å². The number of ether oxygens (including phenoxy) is 1. The maximum atomic E-state index is 15.2. The van der Waals surface area contributed by atoms with E-state index < -0.39 is 18.4 Å².